The van der Waals surface area contributed by atoms with E-state index in [4.69, 9.17) is 9.97 Å². The smallest absolute Gasteiger partial charge is 0.145 e. The largest absolute Gasteiger partial charge is 0.507 e. The number of hydrogen-bond donors (Lipinski definition) is 1. The highest BCUT2D eigenvalue weighted by Crippen LogP contribution is 2.44. The lowest BCUT2D eigenvalue weighted by Gasteiger charge is -2.27. The molecule has 0 aliphatic carbocycles. The molecule has 0 unspecified atom stereocenters. The van der Waals surface area contributed by atoms with E-state index in [1.165, 1.54) is 11.1 Å². The lowest BCUT2D eigenvalue weighted by atomic mass is 9.78. The van der Waals surface area contributed by atoms with Crippen LogP contribution < -0.4 is 0 Å². The van der Waals surface area contributed by atoms with Crippen molar-refractivity contribution >= 4 is 5.65 Å². The molecule has 0 atom stereocenters. The maximum atomic E-state index is 11.8. The molecule has 3 aromatic heterocycles. The van der Waals surface area contributed by atoms with Gasteiger partial charge in [-0.05, 0) is 81.8 Å². The van der Waals surface area contributed by atoms with Crippen LogP contribution in [0, 0.1) is 5.92 Å². The average Bonchev–Trinajstić information content (AvgIpc) is 3.38. The third-order valence-electron chi connectivity index (χ3n) is 8.73. The topological polar surface area (TPSA) is 50.4 Å². The van der Waals surface area contributed by atoms with Gasteiger partial charge in [0.25, 0.3) is 0 Å². The molecule has 0 amide bonds. The number of imidazole rings is 1. The molecule has 6 rings (SSSR count). The lowest BCUT2D eigenvalue weighted by Crippen LogP contribution is -2.17. The number of pyridine rings is 2. The van der Waals surface area contributed by atoms with Crippen molar-refractivity contribution in [1.82, 2.24) is 14.4 Å². The zero-order chi connectivity index (χ0) is 32.8. The van der Waals surface area contributed by atoms with Gasteiger partial charge in [-0.2, -0.15) is 0 Å². The Hall–Kier alpha value is -4.70. The fourth-order valence-corrected chi connectivity index (χ4v) is 6.20. The van der Waals surface area contributed by atoms with Crippen LogP contribution in [0.1, 0.15) is 72.2 Å². The summed E-state index contributed by atoms with van der Waals surface area (Å²) in [4.78, 5) is 10.1. The normalized spacial score (nSPS) is 12.3. The van der Waals surface area contributed by atoms with Crippen molar-refractivity contribution < 1.29 is 5.11 Å². The molecule has 234 valence electrons. The second kappa shape index (κ2) is 11.9. The third-order valence-corrected chi connectivity index (χ3v) is 8.73. The summed E-state index contributed by atoms with van der Waals surface area (Å²) in [5.41, 5.74) is 11.9. The van der Waals surface area contributed by atoms with Crippen molar-refractivity contribution in [2.75, 3.05) is 0 Å². The SMILES string of the molecule is CC(C)Cc1c(-c2cc(C(C)(C)C)cc(C(C)(C)C)c2O)nc2c(-c3cccc(-c4cc(-c5ccccc5)ccn4)c3)cccn12. The first-order chi connectivity index (χ1) is 21.8. The van der Waals surface area contributed by atoms with Crippen molar-refractivity contribution in [2.24, 2.45) is 5.92 Å². The number of phenols is 1. The summed E-state index contributed by atoms with van der Waals surface area (Å²) in [6.07, 6.45) is 4.82. The van der Waals surface area contributed by atoms with Crippen LogP contribution in [-0.4, -0.2) is 19.5 Å². The van der Waals surface area contributed by atoms with Crippen LogP contribution in [0.25, 0.3) is 50.4 Å². The van der Waals surface area contributed by atoms with Gasteiger partial charge in [-0.25, -0.2) is 4.98 Å². The van der Waals surface area contributed by atoms with Gasteiger partial charge in [-0.15, -0.1) is 0 Å². The number of rotatable bonds is 6. The van der Waals surface area contributed by atoms with E-state index >= 15 is 0 Å². The molecule has 0 aliphatic rings. The molecule has 0 saturated carbocycles. The van der Waals surface area contributed by atoms with Crippen molar-refractivity contribution in [3.05, 3.63) is 120 Å². The molecule has 1 N–H and O–H groups in total. The Morgan fingerprint density at radius 1 is 0.696 bits per heavy atom. The molecular formula is C42H45N3O. The maximum Gasteiger partial charge on any atom is 0.145 e. The van der Waals surface area contributed by atoms with Gasteiger partial charge < -0.3 is 9.51 Å². The first-order valence-corrected chi connectivity index (χ1v) is 16.3. The summed E-state index contributed by atoms with van der Waals surface area (Å²) in [7, 11) is 0. The number of aromatic nitrogens is 3. The zero-order valence-electron chi connectivity index (χ0n) is 28.4. The van der Waals surface area contributed by atoms with E-state index in [9.17, 15) is 5.11 Å². The van der Waals surface area contributed by atoms with Gasteiger partial charge in [0, 0.05) is 34.6 Å². The van der Waals surface area contributed by atoms with E-state index in [2.05, 4.69) is 151 Å². The Labute approximate surface area is 273 Å². The second-order valence-corrected chi connectivity index (χ2v) is 14.9. The minimum atomic E-state index is -0.227. The molecular weight excluding hydrogens is 562 g/mol. The van der Waals surface area contributed by atoms with Crippen molar-refractivity contribution in [2.45, 2.75) is 72.6 Å². The van der Waals surface area contributed by atoms with E-state index in [0.717, 1.165) is 62.5 Å². The molecule has 4 nitrogen and oxygen atoms in total. The molecule has 46 heavy (non-hydrogen) atoms. The van der Waals surface area contributed by atoms with Crippen LogP contribution >= 0.6 is 0 Å². The summed E-state index contributed by atoms with van der Waals surface area (Å²) in [6, 6.07) is 31.8. The lowest BCUT2D eigenvalue weighted by molar-refractivity contribution is 0.446. The van der Waals surface area contributed by atoms with E-state index in [-0.39, 0.29) is 10.8 Å². The van der Waals surface area contributed by atoms with E-state index < -0.39 is 0 Å². The monoisotopic (exact) mass is 607 g/mol. The molecule has 0 saturated heterocycles. The average molecular weight is 608 g/mol. The van der Waals surface area contributed by atoms with Crippen LogP contribution in [0.4, 0.5) is 0 Å². The van der Waals surface area contributed by atoms with Gasteiger partial charge in [0.05, 0.1) is 17.1 Å². The summed E-state index contributed by atoms with van der Waals surface area (Å²) < 4.78 is 2.23. The van der Waals surface area contributed by atoms with Crippen LogP contribution in [0.5, 0.6) is 5.75 Å². The standard InChI is InChI=1S/C42H45N3O/c1-27(2)22-37-38(34-25-32(41(3,4)5)26-35(39(34)46)42(6,7)8)44-40-33(18-13-21-45(37)40)30-16-12-17-31(23-30)36-24-29(19-20-43-36)28-14-10-9-11-15-28/h9-21,23-27,46H,22H2,1-8H3. The molecule has 3 heterocycles. The Balaban J connectivity index is 1.54. The van der Waals surface area contributed by atoms with Gasteiger partial charge >= 0.3 is 0 Å². The highest BCUT2D eigenvalue weighted by atomic mass is 16.3. The number of aromatic hydroxyl groups is 1. The molecule has 3 aromatic carbocycles. The Morgan fingerprint density at radius 2 is 1.41 bits per heavy atom. The molecule has 6 aromatic rings. The van der Waals surface area contributed by atoms with Gasteiger partial charge in [0.2, 0.25) is 0 Å². The fraction of sp³-hybridized carbons (Fsp3) is 0.286. The van der Waals surface area contributed by atoms with Gasteiger partial charge in [0.15, 0.2) is 0 Å². The fourth-order valence-electron chi connectivity index (χ4n) is 6.20. The quantitative estimate of drug-likeness (QED) is 0.205. The maximum absolute atomic E-state index is 11.8. The number of hydrogen-bond acceptors (Lipinski definition) is 3. The molecule has 0 bridgehead atoms. The first kappa shape index (κ1) is 31.3. The molecule has 0 radical (unpaired) electrons. The first-order valence-electron chi connectivity index (χ1n) is 16.3. The summed E-state index contributed by atoms with van der Waals surface area (Å²) >= 11 is 0. The number of fused-ring (bicyclic) bond motifs is 1. The minimum absolute atomic E-state index is 0.0860. The van der Waals surface area contributed by atoms with Crippen molar-refractivity contribution in [3.63, 3.8) is 0 Å². The molecule has 0 aliphatic heterocycles. The number of phenolic OH excluding ortho intramolecular Hbond substituents is 1. The third kappa shape index (κ3) is 6.09. The Kier molecular flexibility index (Phi) is 8.10. The highest BCUT2D eigenvalue weighted by Gasteiger charge is 2.28. The van der Waals surface area contributed by atoms with Gasteiger partial charge in [-0.1, -0.05) is 110 Å². The number of nitrogens with zero attached hydrogens (tertiary/aromatic N) is 3. The summed E-state index contributed by atoms with van der Waals surface area (Å²) in [5, 5.41) is 11.8. The Morgan fingerprint density at radius 3 is 2.11 bits per heavy atom. The summed E-state index contributed by atoms with van der Waals surface area (Å²) in [5.74, 6) is 0.727. The van der Waals surface area contributed by atoms with E-state index in [0.29, 0.717) is 11.7 Å². The van der Waals surface area contributed by atoms with Crippen molar-refractivity contribution in [1.29, 1.82) is 0 Å². The van der Waals surface area contributed by atoms with Gasteiger partial charge in [0.1, 0.15) is 11.4 Å². The molecule has 0 fully saturated rings. The Bertz CT molecular complexity index is 2020. The zero-order valence-corrected chi connectivity index (χ0v) is 28.4. The summed E-state index contributed by atoms with van der Waals surface area (Å²) in [6.45, 7) is 17.6. The van der Waals surface area contributed by atoms with Crippen LogP contribution in [0.15, 0.2) is 103 Å². The number of benzene rings is 3. The van der Waals surface area contributed by atoms with E-state index in [1.54, 1.807) is 0 Å². The van der Waals surface area contributed by atoms with Crippen LogP contribution in [-0.2, 0) is 17.3 Å². The molecule has 0 spiro atoms. The minimum Gasteiger partial charge on any atom is -0.507 e. The second-order valence-electron chi connectivity index (χ2n) is 14.9. The van der Waals surface area contributed by atoms with Crippen LogP contribution in [0.3, 0.4) is 0 Å². The molecule has 4 heteroatoms. The van der Waals surface area contributed by atoms with E-state index in [1.807, 2.05) is 12.3 Å². The predicted octanol–water partition coefficient (Wildman–Crippen LogP) is 10.9. The van der Waals surface area contributed by atoms with Crippen molar-refractivity contribution in [3.8, 4) is 50.5 Å². The highest BCUT2D eigenvalue weighted by molar-refractivity contribution is 5.84. The van der Waals surface area contributed by atoms with Gasteiger partial charge in [-0.3, -0.25) is 4.98 Å². The van der Waals surface area contributed by atoms with Crippen LogP contribution in [0.2, 0.25) is 0 Å². The predicted molar refractivity (Wildman–Crippen MR) is 192 cm³/mol.